The Kier molecular flexibility index (Phi) is 6.64. The van der Waals surface area contributed by atoms with Crippen LogP contribution in [0.4, 0.5) is 8.78 Å². The number of hydrogen-bond acceptors (Lipinski definition) is 6. The molecule has 0 N–H and O–H groups in total. The second-order valence-electron chi connectivity index (χ2n) is 5.03. The third-order valence-electron chi connectivity index (χ3n) is 3.24. The van der Waals surface area contributed by atoms with E-state index < -0.39 is 6.61 Å². The molecule has 134 valence electrons. The maximum Gasteiger partial charge on any atom is 0.387 e. The Balaban J connectivity index is 2.18. The van der Waals surface area contributed by atoms with Gasteiger partial charge >= 0.3 is 6.61 Å². The molecule has 8 heteroatoms. The van der Waals surface area contributed by atoms with Crippen molar-refractivity contribution in [2.24, 2.45) is 0 Å². The summed E-state index contributed by atoms with van der Waals surface area (Å²) in [5.41, 5.74) is 0.562. The predicted molar refractivity (Wildman–Crippen MR) is 88.6 cm³/mol. The average molecular weight is 351 g/mol. The van der Waals surface area contributed by atoms with Crippen LogP contribution in [0.5, 0.6) is 11.5 Å². The monoisotopic (exact) mass is 351 g/mol. The number of ether oxygens (including phenoxy) is 2. The lowest BCUT2D eigenvalue weighted by atomic mass is 10.2. The Morgan fingerprint density at radius 3 is 2.56 bits per heavy atom. The van der Waals surface area contributed by atoms with Crippen LogP contribution in [0, 0.1) is 0 Å². The standard InChI is InChI=1S/C17H19F2N3O3/c1-4-8-22(9-5-2)11-15-20-16(21-25-15)12-6-7-13(24-17(18)19)14(10-12)23-3/h4-7,10,17H,1-2,8-9,11H2,3H3. The third kappa shape index (κ3) is 5.12. The molecule has 1 heterocycles. The van der Waals surface area contributed by atoms with E-state index in [2.05, 4.69) is 28.0 Å². The summed E-state index contributed by atoms with van der Waals surface area (Å²) in [4.78, 5) is 6.33. The summed E-state index contributed by atoms with van der Waals surface area (Å²) < 4.78 is 39.5. The first-order chi connectivity index (χ1) is 12.1. The topological polar surface area (TPSA) is 60.6 Å². The third-order valence-corrected chi connectivity index (χ3v) is 3.24. The minimum Gasteiger partial charge on any atom is -0.493 e. The minimum absolute atomic E-state index is 0.0619. The van der Waals surface area contributed by atoms with Crippen LogP contribution in [0.25, 0.3) is 11.4 Å². The molecule has 0 atom stereocenters. The van der Waals surface area contributed by atoms with Gasteiger partial charge in [-0.3, -0.25) is 4.90 Å². The molecule has 0 spiro atoms. The summed E-state index contributed by atoms with van der Waals surface area (Å²) in [5.74, 6) is 0.844. The normalized spacial score (nSPS) is 10.9. The SMILES string of the molecule is C=CCN(CC=C)Cc1nc(-c2ccc(OC(F)F)c(OC)c2)no1. The van der Waals surface area contributed by atoms with Crippen LogP contribution < -0.4 is 9.47 Å². The van der Waals surface area contributed by atoms with E-state index >= 15 is 0 Å². The van der Waals surface area contributed by atoms with Gasteiger partial charge in [0.1, 0.15) is 0 Å². The number of nitrogens with zero attached hydrogens (tertiary/aromatic N) is 3. The van der Waals surface area contributed by atoms with E-state index in [0.717, 1.165) is 0 Å². The molecule has 0 unspecified atom stereocenters. The van der Waals surface area contributed by atoms with Crippen LogP contribution in [0.1, 0.15) is 5.89 Å². The van der Waals surface area contributed by atoms with Gasteiger partial charge < -0.3 is 14.0 Å². The predicted octanol–water partition coefficient (Wildman–Crippen LogP) is 3.52. The van der Waals surface area contributed by atoms with Crippen LogP contribution in [-0.2, 0) is 6.54 Å². The minimum atomic E-state index is -2.93. The highest BCUT2D eigenvalue weighted by atomic mass is 19.3. The zero-order valence-corrected chi connectivity index (χ0v) is 13.8. The Hall–Kier alpha value is -2.74. The first-order valence-corrected chi connectivity index (χ1v) is 7.47. The molecule has 1 aromatic carbocycles. The highest BCUT2D eigenvalue weighted by Gasteiger charge is 2.15. The highest BCUT2D eigenvalue weighted by molar-refractivity contribution is 5.60. The van der Waals surface area contributed by atoms with Gasteiger partial charge in [0.2, 0.25) is 11.7 Å². The van der Waals surface area contributed by atoms with E-state index in [-0.39, 0.29) is 11.5 Å². The fourth-order valence-corrected chi connectivity index (χ4v) is 2.20. The van der Waals surface area contributed by atoms with Crippen molar-refractivity contribution < 1.29 is 22.8 Å². The number of alkyl halides is 2. The van der Waals surface area contributed by atoms with Gasteiger partial charge in [0, 0.05) is 18.7 Å². The molecule has 0 amide bonds. The van der Waals surface area contributed by atoms with Crippen LogP contribution in [0.3, 0.4) is 0 Å². The van der Waals surface area contributed by atoms with Crippen molar-refractivity contribution in [3.05, 3.63) is 49.4 Å². The largest absolute Gasteiger partial charge is 0.493 e. The van der Waals surface area contributed by atoms with E-state index in [1.165, 1.54) is 19.2 Å². The summed E-state index contributed by atoms with van der Waals surface area (Å²) in [5, 5.41) is 3.92. The van der Waals surface area contributed by atoms with E-state index in [1.54, 1.807) is 18.2 Å². The van der Waals surface area contributed by atoms with Crippen molar-refractivity contribution in [2.45, 2.75) is 13.2 Å². The molecule has 0 aliphatic rings. The molecule has 0 aliphatic heterocycles. The van der Waals surface area contributed by atoms with Gasteiger partial charge in [-0.15, -0.1) is 13.2 Å². The van der Waals surface area contributed by atoms with Gasteiger partial charge in [0.05, 0.1) is 13.7 Å². The summed E-state index contributed by atoms with van der Waals surface area (Å²) in [7, 11) is 1.36. The molecule has 2 aromatic rings. The van der Waals surface area contributed by atoms with Gasteiger partial charge in [-0.2, -0.15) is 13.8 Å². The van der Waals surface area contributed by atoms with Crippen molar-refractivity contribution in [1.82, 2.24) is 15.0 Å². The van der Waals surface area contributed by atoms with Gasteiger partial charge in [0.25, 0.3) is 0 Å². The van der Waals surface area contributed by atoms with Crippen molar-refractivity contribution >= 4 is 0 Å². The fourth-order valence-electron chi connectivity index (χ4n) is 2.20. The maximum atomic E-state index is 12.4. The average Bonchev–Trinajstić information content (AvgIpc) is 3.03. The van der Waals surface area contributed by atoms with Crippen LogP contribution >= 0.6 is 0 Å². The summed E-state index contributed by atoms with van der Waals surface area (Å²) in [6.45, 7) is 6.21. The second kappa shape index (κ2) is 8.93. The molecule has 0 bridgehead atoms. The zero-order chi connectivity index (χ0) is 18.2. The van der Waals surface area contributed by atoms with E-state index in [1.807, 2.05) is 4.90 Å². The summed E-state index contributed by atoms with van der Waals surface area (Å²) >= 11 is 0. The second-order valence-corrected chi connectivity index (χ2v) is 5.03. The Bertz CT molecular complexity index is 709. The lowest BCUT2D eigenvalue weighted by Gasteiger charge is -2.15. The number of benzene rings is 1. The lowest BCUT2D eigenvalue weighted by Crippen LogP contribution is -2.23. The number of rotatable bonds is 10. The molecule has 25 heavy (non-hydrogen) atoms. The number of halogens is 2. The number of methoxy groups -OCH3 is 1. The molecule has 1 aromatic heterocycles. The summed E-state index contributed by atoms with van der Waals surface area (Å²) in [6.07, 6.45) is 3.54. The quantitative estimate of drug-likeness (QED) is 0.611. The van der Waals surface area contributed by atoms with Gasteiger partial charge in [-0.05, 0) is 18.2 Å². The van der Waals surface area contributed by atoms with Gasteiger partial charge in [0.15, 0.2) is 11.5 Å². The fraction of sp³-hybridized carbons (Fsp3) is 0.294. The Labute approximate surface area is 144 Å². The van der Waals surface area contributed by atoms with Crippen molar-refractivity contribution in [1.29, 1.82) is 0 Å². The Morgan fingerprint density at radius 1 is 1.24 bits per heavy atom. The highest BCUT2D eigenvalue weighted by Crippen LogP contribution is 2.32. The maximum absolute atomic E-state index is 12.4. The molecule has 0 fully saturated rings. The van der Waals surface area contributed by atoms with Gasteiger partial charge in [-0.1, -0.05) is 17.3 Å². The van der Waals surface area contributed by atoms with E-state index in [4.69, 9.17) is 9.26 Å². The lowest BCUT2D eigenvalue weighted by molar-refractivity contribution is -0.0512. The summed E-state index contributed by atoms with van der Waals surface area (Å²) in [6, 6.07) is 4.44. The number of aromatic nitrogens is 2. The smallest absolute Gasteiger partial charge is 0.387 e. The Morgan fingerprint density at radius 2 is 1.96 bits per heavy atom. The molecule has 0 aliphatic carbocycles. The van der Waals surface area contributed by atoms with Crippen LogP contribution in [0.2, 0.25) is 0 Å². The first kappa shape index (κ1) is 18.6. The van der Waals surface area contributed by atoms with Crippen LogP contribution in [0.15, 0.2) is 48.0 Å². The van der Waals surface area contributed by atoms with Crippen molar-refractivity contribution in [3.63, 3.8) is 0 Å². The van der Waals surface area contributed by atoms with Gasteiger partial charge in [-0.25, -0.2) is 0 Å². The van der Waals surface area contributed by atoms with Crippen molar-refractivity contribution in [3.8, 4) is 22.9 Å². The molecular weight excluding hydrogens is 332 g/mol. The van der Waals surface area contributed by atoms with Crippen LogP contribution in [-0.4, -0.2) is 41.9 Å². The molecule has 0 saturated carbocycles. The number of hydrogen-bond donors (Lipinski definition) is 0. The van der Waals surface area contributed by atoms with Crippen molar-refractivity contribution in [2.75, 3.05) is 20.2 Å². The molecule has 0 radical (unpaired) electrons. The first-order valence-electron chi connectivity index (χ1n) is 7.47. The molecular formula is C17H19F2N3O3. The molecule has 0 saturated heterocycles. The van der Waals surface area contributed by atoms with E-state index in [0.29, 0.717) is 36.9 Å². The molecule has 2 rings (SSSR count). The zero-order valence-electron chi connectivity index (χ0n) is 13.8. The van der Waals surface area contributed by atoms with E-state index in [9.17, 15) is 8.78 Å². The molecule has 6 nitrogen and oxygen atoms in total.